The van der Waals surface area contributed by atoms with Crippen LogP contribution in [0.1, 0.15) is 49.6 Å². The molecule has 0 aliphatic heterocycles. The Bertz CT molecular complexity index is 485. The zero-order valence-corrected chi connectivity index (χ0v) is 10.8. The minimum absolute atomic E-state index is 0.258. The fourth-order valence-corrected chi connectivity index (χ4v) is 1.87. The summed E-state index contributed by atoms with van der Waals surface area (Å²) in [6.45, 7) is 9.14. The standard InChI is InChI=1S/C13H19N2O2/c1-9(2)12-6-15(17-7-12)5-10(3)13-11(4)14-8-16-13/h6-10H,5H2,1-4H3/q+1. The lowest BCUT2D eigenvalue weighted by Gasteiger charge is -2.01. The number of hydrogen-bond acceptors (Lipinski definition) is 3. The minimum Gasteiger partial charge on any atom is -0.448 e. The predicted molar refractivity (Wildman–Crippen MR) is 62.6 cm³/mol. The van der Waals surface area contributed by atoms with Crippen molar-refractivity contribution in [3.05, 3.63) is 35.9 Å². The van der Waals surface area contributed by atoms with E-state index in [-0.39, 0.29) is 5.92 Å². The van der Waals surface area contributed by atoms with Gasteiger partial charge in [-0.2, -0.15) is 0 Å². The molecule has 2 aromatic rings. The van der Waals surface area contributed by atoms with Crippen molar-refractivity contribution in [1.29, 1.82) is 0 Å². The smallest absolute Gasteiger partial charge is 0.223 e. The summed E-state index contributed by atoms with van der Waals surface area (Å²) in [7, 11) is 0. The number of hydrogen-bond donors (Lipinski definition) is 0. The molecule has 0 bridgehead atoms. The molecule has 0 aliphatic rings. The summed E-state index contributed by atoms with van der Waals surface area (Å²) in [5, 5.41) is 0. The third kappa shape index (κ3) is 2.57. The van der Waals surface area contributed by atoms with Crippen molar-refractivity contribution >= 4 is 0 Å². The van der Waals surface area contributed by atoms with E-state index in [1.165, 1.54) is 12.0 Å². The van der Waals surface area contributed by atoms with Gasteiger partial charge < -0.3 is 4.42 Å². The maximum atomic E-state index is 5.49. The molecule has 0 N–H and O–H groups in total. The molecule has 0 aromatic carbocycles. The largest absolute Gasteiger partial charge is 0.448 e. The molecular formula is C13H19N2O2+. The summed E-state index contributed by atoms with van der Waals surface area (Å²) < 4.78 is 12.7. The van der Waals surface area contributed by atoms with Gasteiger partial charge in [-0.15, -0.1) is 0 Å². The third-order valence-electron chi connectivity index (χ3n) is 2.97. The van der Waals surface area contributed by atoms with Gasteiger partial charge in [0.1, 0.15) is 5.76 Å². The van der Waals surface area contributed by atoms with Crippen LogP contribution in [0.5, 0.6) is 0 Å². The van der Waals surface area contributed by atoms with E-state index in [2.05, 4.69) is 25.8 Å². The number of nitrogens with zero attached hydrogens (tertiary/aromatic N) is 2. The maximum Gasteiger partial charge on any atom is 0.223 e. The molecule has 0 radical (unpaired) electrons. The monoisotopic (exact) mass is 235 g/mol. The fourth-order valence-electron chi connectivity index (χ4n) is 1.87. The Morgan fingerprint density at radius 3 is 2.65 bits per heavy atom. The predicted octanol–water partition coefficient (Wildman–Crippen LogP) is 2.79. The van der Waals surface area contributed by atoms with Crippen LogP contribution in [0.3, 0.4) is 0 Å². The Balaban J connectivity index is 2.08. The molecule has 0 fully saturated rings. The second kappa shape index (κ2) is 4.73. The molecule has 0 aliphatic carbocycles. The summed E-state index contributed by atoms with van der Waals surface area (Å²) in [4.78, 5) is 4.11. The highest BCUT2D eigenvalue weighted by atomic mass is 16.5. The first-order valence-electron chi connectivity index (χ1n) is 5.96. The Morgan fingerprint density at radius 1 is 1.35 bits per heavy atom. The summed E-state index contributed by atoms with van der Waals surface area (Å²) in [5.41, 5.74) is 2.17. The molecule has 92 valence electrons. The molecular weight excluding hydrogens is 216 g/mol. The molecule has 2 heterocycles. The van der Waals surface area contributed by atoms with E-state index in [1.807, 2.05) is 24.1 Å². The molecule has 2 aromatic heterocycles. The summed E-state index contributed by atoms with van der Waals surface area (Å²) in [6, 6.07) is 0. The van der Waals surface area contributed by atoms with Gasteiger partial charge in [-0.1, -0.05) is 13.8 Å². The van der Waals surface area contributed by atoms with Gasteiger partial charge >= 0.3 is 0 Å². The Hall–Kier alpha value is -1.58. The van der Waals surface area contributed by atoms with E-state index in [4.69, 9.17) is 8.94 Å². The highest BCUT2D eigenvalue weighted by Gasteiger charge is 2.21. The van der Waals surface area contributed by atoms with Crippen LogP contribution in [0.4, 0.5) is 0 Å². The lowest BCUT2D eigenvalue weighted by atomic mass is 10.1. The van der Waals surface area contributed by atoms with Crippen LogP contribution in [0.25, 0.3) is 0 Å². The molecule has 17 heavy (non-hydrogen) atoms. The Labute approximate surface area is 101 Å². The second-order valence-corrected chi connectivity index (χ2v) is 4.81. The summed E-state index contributed by atoms with van der Waals surface area (Å²) in [6.07, 6.45) is 5.35. The molecule has 1 unspecified atom stereocenters. The zero-order chi connectivity index (χ0) is 12.4. The van der Waals surface area contributed by atoms with E-state index in [0.29, 0.717) is 5.92 Å². The first-order valence-corrected chi connectivity index (χ1v) is 5.96. The van der Waals surface area contributed by atoms with Gasteiger partial charge in [0.2, 0.25) is 12.7 Å². The van der Waals surface area contributed by atoms with Crippen molar-refractivity contribution in [1.82, 2.24) is 4.98 Å². The lowest BCUT2D eigenvalue weighted by molar-refractivity contribution is -0.865. The quantitative estimate of drug-likeness (QED) is 0.765. The zero-order valence-electron chi connectivity index (χ0n) is 10.8. The van der Waals surface area contributed by atoms with Crippen molar-refractivity contribution in [2.45, 2.75) is 46.1 Å². The first-order chi connectivity index (χ1) is 8.08. The van der Waals surface area contributed by atoms with E-state index >= 15 is 0 Å². The van der Waals surface area contributed by atoms with Crippen LogP contribution in [-0.4, -0.2) is 4.98 Å². The average Bonchev–Trinajstić information content (AvgIpc) is 2.86. The summed E-state index contributed by atoms with van der Waals surface area (Å²) in [5.74, 6) is 1.68. The third-order valence-corrected chi connectivity index (χ3v) is 2.97. The number of aromatic nitrogens is 2. The van der Waals surface area contributed by atoms with Crippen molar-refractivity contribution in [3.63, 3.8) is 0 Å². The molecule has 2 rings (SSSR count). The van der Waals surface area contributed by atoms with Gasteiger partial charge in [-0.25, -0.2) is 9.51 Å². The van der Waals surface area contributed by atoms with Crippen LogP contribution in [0.15, 0.2) is 27.8 Å². The van der Waals surface area contributed by atoms with E-state index in [0.717, 1.165) is 18.0 Å². The van der Waals surface area contributed by atoms with Gasteiger partial charge in [0.05, 0.1) is 17.2 Å². The Morgan fingerprint density at radius 2 is 2.12 bits per heavy atom. The highest BCUT2D eigenvalue weighted by Crippen LogP contribution is 2.19. The maximum absolute atomic E-state index is 5.49. The van der Waals surface area contributed by atoms with Gasteiger partial charge in [0.15, 0.2) is 12.7 Å². The number of aryl methyl sites for hydroxylation is 1. The van der Waals surface area contributed by atoms with E-state index in [9.17, 15) is 0 Å². The number of rotatable bonds is 4. The van der Waals surface area contributed by atoms with Crippen molar-refractivity contribution in [2.75, 3.05) is 0 Å². The average molecular weight is 235 g/mol. The molecule has 0 saturated carbocycles. The van der Waals surface area contributed by atoms with E-state index < -0.39 is 0 Å². The van der Waals surface area contributed by atoms with Gasteiger partial charge in [0.25, 0.3) is 0 Å². The SMILES string of the molecule is Cc1ncoc1C(C)C[n+]1cc(C(C)C)co1. The minimum atomic E-state index is 0.258. The van der Waals surface area contributed by atoms with Crippen molar-refractivity contribution < 1.29 is 13.7 Å². The van der Waals surface area contributed by atoms with Crippen LogP contribution in [0.2, 0.25) is 0 Å². The molecule has 1 atom stereocenters. The second-order valence-electron chi connectivity index (χ2n) is 4.81. The molecule has 4 heteroatoms. The summed E-state index contributed by atoms with van der Waals surface area (Å²) >= 11 is 0. The van der Waals surface area contributed by atoms with Crippen molar-refractivity contribution in [2.24, 2.45) is 0 Å². The lowest BCUT2D eigenvalue weighted by Crippen LogP contribution is -2.33. The van der Waals surface area contributed by atoms with Crippen LogP contribution < -0.4 is 4.74 Å². The van der Waals surface area contributed by atoms with Crippen LogP contribution in [-0.2, 0) is 6.54 Å². The van der Waals surface area contributed by atoms with Gasteiger partial charge in [0, 0.05) is 0 Å². The first kappa shape index (κ1) is 11.9. The Kier molecular flexibility index (Phi) is 3.31. The molecule has 0 saturated heterocycles. The molecule has 0 spiro atoms. The van der Waals surface area contributed by atoms with Gasteiger partial charge in [-0.3, -0.25) is 0 Å². The van der Waals surface area contributed by atoms with Crippen LogP contribution in [0, 0.1) is 6.92 Å². The fraction of sp³-hybridized carbons (Fsp3) is 0.538. The van der Waals surface area contributed by atoms with E-state index in [1.54, 1.807) is 0 Å². The molecule has 0 amide bonds. The van der Waals surface area contributed by atoms with Crippen LogP contribution >= 0.6 is 0 Å². The van der Waals surface area contributed by atoms with Crippen molar-refractivity contribution in [3.8, 4) is 0 Å². The topological polar surface area (TPSA) is 43.0 Å². The normalized spacial score (nSPS) is 13.2. The molecule has 4 nitrogen and oxygen atoms in total. The van der Waals surface area contributed by atoms with Gasteiger partial charge in [-0.05, 0) is 24.5 Å². The number of oxazole rings is 1. The highest BCUT2D eigenvalue weighted by molar-refractivity contribution is 5.08.